The Kier molecular flexibility index (Phi) is 2.81. The Labute approximate surface area is 92.9 Å². The normalized spacial score (nSPS) is 29.6. The number of aliphatic hydroxyl groups excluding tert-OH is 1. The molecule has 2 atom stereocenters. The molecule has 1 aromatic rings. The number of hydrogen-bond acceptors (Lipinski definition) is 5. The van der Waals surface area contributed by atoms with Crippen LogP contribution in [0.25, 0.3) is 0 Å². The van der Waals surface area contributed by atoms with Crippen molar-refractivity contribution in [3.63, 3.8) is 0 Å². The molecule has 1 saturated heterocycles. The summed E-state index contributed by atoms with van der Waals surface area (Å²) in [5.74, 6) is -0.630. The summed E-state index contributed by atoms with van der Waals surface area (Å²) in [4.78, 5) is 5.22. The van der Waals surface area contributed by atoms with Crippen LogP contribution in [-0.4, -0.2) is 28.6 Å². The first kappa shape index (κ1) is 11.0. The third-order valence-corrected chi connectivity index (χ3v) is 3.40. The summed E-state index contributed by atoms with van der Waals surface area (Å²) < 4.78 is 11.4. The number of nitrogens with zero attached hydrogens (tertiary/aromatic N) is 1. The molecule has 1 aromatic heterocycles. The average Bonchev–Trinajstić information content (AvgIpc) is 2.68. The third-order valence-electron chi connectivity index (χ3n) is 2.40. The highest BCUT2D eigenvalue weighted by molar-refractivity contribution is 7.09. The van der Waals surface area contributed by atoms with Crippen LogP contribution in [0.2, 0.25) is 0 Å². The fraction of sp³-hybridized carbons (Fsp3) is 0.700. The smallest absolute Gasteiger partial charge is 0.164 e. The van der Waals surface area contributed by atoms with Gasteiger partial charge in [0.15, 0.2) is 5.79 Å². The van der Waals surface area contributed by atoms with E-state index in [1.54, 1.807) is 5.51 Å². The molecule has 0 aromatic carbocycles. The van der Waals surface area contributed by atoms with Crippen LogP contribution in [0.3, 0.4) is 0 Å². The number of aromatic nitrogens is 1. The van der Waals surface area contributed by atoms with Gasteiger partial charge in [0.1, 0.15) is 12.2 Å². The standard InChI is InChI=1S/C10H15NO3S/c1-6-9(15-5-11-6)8-7(4-12)13-10(2,3)14-8/h5,7-8,12H,4H2,1-3H3. The van der Waals surface area contributed by atoms with Crippen LogP contribution in [-0.2, 0) is 9.47 Å². The topological polar surface area (TPSA) is 51.6 Å². The van der Waals surface area contributed by atoms with Gasteiger partial charge < -0.3 is 14.6 Å². The van der Waals surface area contributed by atoms with Gasteiger partial charge in [-0.1, -0.05) is 0 Å². The molecule has 0 aliphatic carbocycles. The molecule has 5 heteroatoms. The molecule has 0 radical (unpaired) electrons. The number of ether oxygens (including phenoxy) is 2. The second-order valence-electron chi connectivity index (χ2n) is 4.08. The molecule has 0 saturated carbocycles. The lowest BCUT2D eigenvalue weighted by atomic mass is 10.1. The minimum Gasteiger partial charge on any atom is -0.394 e. The maximum Gasteiger partial charge on any atom is 0.164 e. The van der Waals surface area contributed by atoms with Crippen LogP contribution < -0.4 is 0 Å². The zero-order valence-electron chi connectivity index (χ0n) is 9.06. The fourth-order valence-electron chi connectivity index (χ4n) is 1.78. The van der Waals surface area contributed by atoms with Gasteiger partial charge in [0, 0.05) is 0 Å². The van der Waals surface area contributed by atoms with E-state index in [1.807, 2.05) is 20.8 Å². The van der Waals surface area contributed by atoms with Gasteiger partial charge in [-0.25, -0.2) is 4.98 Å². The number of rotatable bonds is 2. The third kappa shape index (κ3) is 2.06. The van der Waals surface area contributed by atoms with Crippen LogP contribution >= 0.6 is 11.3 Å². The van der Waals surface area contributed by atoms with Crippen molar-refractivity contribution >= 4 is 11.3 Å². The van der Waals surface area contributed by atoms with Gasteiger partial charge in [0.05, 0.1) is 22.7 Å². The lowest BCUT2D eigenvalue weighted by molar-refractivity contribution is -0.149. The Morgan fingerprint density at radius 3 is 2.80 bits per heavy atom. The number of thiazole rings is 1. The summed E-state index contributed by atoms with van der Waals surface area (Å²) in [5.41, 5.74) is 2.73. The molecule has 1 aliphatic heterocycles. The maximum absolute atomic E-state index is 9.24. The van der Waals surface area contributed by atoms with E-state index >= 15 is 0 Å². The molecular weight excluding hydrogens is 214 g/mol. The van der Waals surface area contributed by atoms with E-state index in [0.717, 1.165) is 10.6 Å². The zero-order chi connectivity index (χ0) is 11.1. The molecule has 0 spiro atoms. The predicted molar refractivity (Wildman–Crippen MR) is 56.7 cm³/mol. The highest BCUT2D eigenvalue weighted by Crippen LogP contribution is 2.40. The zero-order valence-corrected chi connectivity index (χ0v) is 9.87. The van der Waals surface area contributed by atoms with Crippen molar-refractivity contribution in [2.75, 3.05) is 6.61 Å². The predicted octanol–water partition coefficient (Wildman–Crippen LogP) is 1.64. The van der Waals surface area contributed by atoms with Crippen LogP contribution in [0.5, 0.6) is 0 Å². The van der Waals surface area contributed by atoms with Crippen molar-refractivity contribution in [2.45, 2.75) is 38.8 Å². The highest BCUT2D eigenvalue weighted by Gasteiger charge is 2.42. The number of hydrogen-bond donors (Lipinski definition) is 1. The molecule has 1 aliphatic rings. The van der Waals surface area contributed by atoms with Gasteiger partial charge in [-0.3, -0.25) is 0 Å². The van der Waals surface area contributed by atoms with Crippen molar-refractivity contribution < 1.29 is 14.6 Å². The van der Waals surface area contributed by atoms with Crippen LogP contribution in [0.15, 0.2) is 5.51 Å². The van der Waals surface area contributed by atoms with E-state index in [-0.39, 0.29) is 18.8 Å². The van der Waals surface area contributed by atoms with Crippen molar-refractivity contribution in [3.05, 3.63) is 16.1 Å². The SMILES string of the molecule is Cc1ncsc1C1OC(C)(C)OC1CO. The van der Waals surface area contributed by atoms with Gasteiger partial charge >= 0.3 is 0 Å². The molecular formula is C10H15NO3S. The summed E-state index contributed by atoms with van der Waals surface area (Å²) in [6, 6.07) is 0. The summed E-state index contributed by atoms with van der Waals surface area (Å²) in [5, 5.41) is 9.24. The number of aliphatic hydroxyl groups is 1. The highest BCUT2D eigenvalue weighted by atomic mass is 32.1. The molecule has 4 nitrogen and oxygen atoms in total. The first-order valence-corrected chi connectivity index (χ1v) is 5.78. The Balaban J connectivity index is 2.26. The molecule has 1 fully saturated rings. The minimum atomic E-state index is -0.630. The molecule has 15 heavy (non-hydrogen) atoms. The minimum absolute atomic E-state index is 0.0363. The summed E-state index contributed by atoms with van der Waals surface area (Å²) in [6.45, 7) is 5.61. The maximum atomic E-state index is 9.24. The largest absolute Gasteiger partial charge is 0.394 e. The van der Waals surface area contributed by atoms with Crippen molar-refractivity contribution in [1.82, 2.24) is 4.98 Å². The molecule has 0 amide bonds. The van der Waals surface area contributed by atoms with Crippen molar-refractivity contribution in [2.24, 2.45) is 0 Å². The first-order valence-electron chi connectivity index (χ1n) is 4.90. The van der Waals surface area contributed by atoms with Crippen molar-refractivity contribution in [1.29, 1.82) is 0 Å². The molecule has 0 bridgehead atoms. The van der Waals surface area contributed by atoms with E-state index in [9.17, 15) is 5.11 Å². The van der Waals surface area contributed by atoms with Gasteiger partial charge in [-0.15, -0.1) is 11.3 Å². The summed E-state index contributed by atoms with van der Waals surface area (Å²) in [7, 11) is 0. The first-order chi connectivity index (χ1) is 7.03. The summed E-state index contributed by atoms with van der Waals surface area (Å²) >= 11 is 1.54. The van der Waals surface area contributed by atoms with Crippen LogP contribution in [0, 0.1) is 6.92 Å². The fourth-order valence-corrected chi connectivity index (χ4v) is 2.66. The molecule has 2 rings (SSSR count). The van der Waals surface area contributed by atoms with Gasteiger partial charge in [0.25, 0.3) is 0 Å². The van der Waals surface area contributed by atoms with E-state index in [0.29, 0.717) is 0 Å². The van der Waals surface area contributed by atoms with E-state index in [1.165, 1.54) is 11.3 Å². The van der Waals surface area contributed by atoms with Gasteiger partial charge in [-0.05, 0) is 20.8 Å². The second-order valence-corrected chi connectivity index (χ2v) is 4.97. The summed E-state index contributed by atoms with van der Waals surface area (Å²) in [6.07, 6.45) is -0.489. The quantitative estimate of drug-likeness (QED) is 0.837. The van der Waals surface area contributed by atoms with Crippen molar-refractivity contribution in [3.8, 4) is 0 Å². The lowest BCUT2D eigenvalue weighted by Crippen LogP contribution is -2.23. The van der Waals surface area contributed by atoms with Gasteiger partial charge in [-0.2, -0.15) is 0 Å². The lowest BCUT2D eigenvalue weighted by Gasteiger charge is -2.16. The molecule has 1 N–H and O–H groups in total. The molecule has 2 unspecified atom stereocenters. The van der Waals surface area contributed by atoms with Crippen LogP contribution in [0.4, 0.5) is 0 Å². The van der Waals surface area contributed by atoms with Crippen LogP contribution in [0.1, 0.15) is 30.5 Å². The Morgan fingerprint density at radius 1 is 1.53 bits per heavy atom. The second kappa shape index (κ2) is 3.83. The van der Waals surface area contributed by atoms with Gasteiger partial charge in [0.2, 0.25) is 0 Å². The van der Waals surface area contributed by atoms with E-state index in [4.69, 9.17) is 9.47 Å². The molecule has 84 valence electrons. The Hall–Kier alpha value is -0.490. The Bertz CT molecular complexity index is 350. The monoisotopic (exact) mass is 229 g/mol. The number of aryl methyl sites for hydroxylation is 1. The van der Waals surface area contributed by atoms with E-state index in [2.05, 4.69) is 4.98 Å². The van der Waals surface area contributed by atoms with E-state index < -0.39 is 5.79 Å². The Morgan fingerprint density at radius 2 is 2.27 bits per heavy atom. The molecule has 2 heterocycles. The average molecular weight is 229 g/mol.